The van der Waals surface area contributed by atoms with Gasteiger partial charge in [-0.3, -0.25) is 9.79 Å². The number of nitrogens with zero attached hydrogens (tertiary/aromatic N) is 1. The fourth-order valence-electron chi connectivity index (χ4n) is 2.25. The van der Waals surface area contributed by atoms with Crippen molar-refractivity contribution in [1.82, 2.24) is 16.0 Å². The molecule has 7 nitrogen and oxygen atoms in total. The first-order valence-corrected chi connectivity index (χ1v) is 8.03. The van der Waals surface area contributed by atoms with Gasteiger partial charge in [0.15, 0.2) is 11.7 Å². The molecular formula is C18H25IN4O3. The van der Waals surface area contributed by atoms with E-state index in [-0.39, 0.29) is 29.9 Å². The molecule has 0 aliphatic heterocycles. The van der Waals surface area contributed by atoms with Crippen LogP contribution in [0, 0.1) is 6.92 Å². The molecule has 0 spiro atoms. The Morgan fingerprint density at radius 2 is 1.96 bits per heavy atom. The van der Waals surface area contributed by atoms with Gasteiger partial charge in [-0.25, -0.2) is 0 Å². The number of nitrogens with one attached hydrogen (secondary N) is 3. The molecule has 2 aromatic rings. The van der Waals surface area contributed by atoms with Gasteiger partial charge in [-0.15, -0.1) is 24.0 Å². The van der Waals surface area contributed by atoms with E-state index in [0.717, 1.165) is 16.9 Å². The number of hydrogen-bond donors (Lipinski definition) is 3. The lowest BCUT2D eigenvalue weighted by molar-refractivity contribution is 0.0926. The summed E-state index contributed by atoms with van der Waals surface area (Å²) in [6, 6.07) is 9.37. The topological polar surface area (TPSA) is 87.9 Å². The van der Waals surface area contributed by atoms with E-state index >= 15 is 0 Å². The molecule has 0 aliphatic carbocycles. The molecule has 1 aromatic carbocycles. The number of aliphatic imine (C=N–C) groups is 1. The molecule has 0 fully saturated rings. The van der Waals surface area contributed by atoms with Crippen LogP contribution in [-0.4, -0.2) is 39.1 Å². The molecule has 1 amide bonds. The number of amides is 1. The highest BCUT2D eigenvalue weighted by molar-refractivity contribution is 14.0. The highest BCUT2D eigenvalue weighted by Crippen LogP contribution is 2.19. The maximum atomic E-state index is 11.7. The zero-order chi connectivity index (χ0) is 18.1. The number of hydrogen-bond acceptors (Lipinski definition) is 4. The van der Waals surface area contributed by atoms with Crippen molar-refractivity contribution in [2.75, 3.05) is 27.2 Å². The monoisotopic (exact) mass is 472 g/mol. The quantitative estimate of drug-likeness (QED) is 0.249. The van der Waals surface area contributed by atoms with Crippen molar-refractivity contribution in [3.63, 3.8) is 0 Å². The van der Waals surface area contributed by atoms with Gasteiger partial charge in [0.05, 0.1) is 13.4 Å². The minimum Gasteiger partial charge on any atom is -0.496 e. The van der Waals surface area contributed by atoms with Crippen LogP contribution in [0.1, 0.15) is 21.7 Å². The highest BCUT2D eigenvalue weighted by atomic mass is 127. The summed E-state index contributed by atoms with van der Waals surface area (Å²) in [5.41, 5.74) is 2.19. The molecule has 1 heterocycles. The van der Waals surface area contributed by atoms with Crippen molar-refractivity contribution in [3.8, 4) is 5.75 Å². The molecule has 26 heavy (non-hydrogen) atoms. The van der Waals surface area contributed by atoms with Crippen molar-refractivity contribution >= 4 is 35.8 Å². The summed E-state index contributed by atoms with van der Waals surface area (Å²) in [5, 5.41) is 9.13. The Kier molecular flexibility index (Phi) is 9.56. The molecule has 0 unspecified atom stereocenters. The van der Waals surface area contributed by atoms with Crippen LogP contribution in [0.4, 0.5) is 0 Å². The Labute approximate surface area is 170 Å². The first-order valence-electron chi connectivity index (χ1n) is 8.03. The van der Waals surface area contributed by atoms with Gasteiger partial charge >= 0.3 is 0 Å². The molecule has 0 saturated heterocycles. The van der Waals surface area contributed by atoms with Gasteiger partial charge in [0.2, 0.25) is 0 Å². The SMILES string of the molecule is CN=C(NCCNC(=O)c1ccco1)NCc1ccc(C)cc1OC.I. The minimum atomic E-state index is -0.237. The van der Waals surface area contributed by atoms with Crippen molar-refractivity contribution in [1.29, 1.82) is 0 Å². The standard InChI is InChI=1S/C18H24N4O3.HI/c1-13-6-7-14(16(11-13)24-3)12-22-18(19-2)21-9-8-20-17(23)15-5-4-10-25-15;/h4-7,10-11H,8-9,12H2,1-3H3,(H,20,23)(H2,19,21,22);1H. The third-order valence-electron chi connectivity index (χ3n) is 3.56. The van der Waals surface area contributed by atoms with Crippen LogP contribution in [0.3, 0.4) is 0 Å². The molecule has 3 N–H and O–H groups in total. The van der Waals surface area contributed by atoms with E-state index in [0.29, 0.717) is 31.4 Å². The van der Waals surface area contributed by atoms with E-state index in [2.05, 4.69) is 20.9 Å². The Bertz CT molecular complexity index is 717. The smallest absolute Gasteiger partial charge is 0.287 e. The summed E-state index contributed by atoms with van der Waals surface area (Å²) in [7, 11) is 3.36. The van der Waals surface area contributed by atoms with Crippen LogP contribution >= 0.6 is 24.0 Å². The number of guanidine groups is 1. The summed E-state index contributed by atoms with van der Waals surface area (Å²) in [6.45, 7) is 3.60. The Hall–Kier alpha value is -2.23. The third-order valence-corrected chi connectivity index (χ3v) is 3.56. The van der Waals surface area contributed by atoms with Crippen molar-refractivity contribution in [3.05, 3.63) is 53.5 Å². The number of methoxy groups -OCH3 is 1. The average molecular weight is 472 g/mol. The van der Waals surface area contributed by atoms with E-state index in [4.69, 9.17) is 9.15 Å². The average Bonchev–Trinajstić information content (AvgIpc) is 3.16. The number of ether oxygens (including phenoxy) is 1. The normalized spacial score (nSPS) is 10.7. The van der Waals surface area contributed by atoms with Crippen LogP contribution in [-0.2, 0) is 6.54 Å². The summed E-state index contributed by atoms with van der Waals surface area (Å²) < 4.78 is 10.4. The molecule has 1 aromatic heterocycles. The zero-order valence-corrected chi connectivity index (χ0v) is 17.5. The van der Waals surface area contributed by atoms with Gasteiger partial charge in [0.1, 0.15) is 5.75 Å². The second kappa shape index (κ2) is 11.4. The van der Waals surface area contributed by atoms with Gasteiger partial charge < -0.3 is 25.1 Å². The van der Waals surface area contributed by atoms with Crippen LogP contribution < -0.4 is 20.7 Å². The highest BCUT2D eigenvalue weighted by Gasteiger charge is 2.07. The van der Waals surface area contributed by atoms with Crippen LogP contribution in [0.25, 0.3) is 0 Å². The summed E-state index contributed by atoms with van der Waals surface area (Å²) >= 11 is 0. The fourth-order valence-corrected chi connectivity index (χ4v) is 2.25. The fraction of sp³-hybridized carbons (Fsp3) is 0.333. The second-order valence-electron chi connectivity index (χ2n) is 5.40. The lowest BCUT2D eigenvalue weighted by atomic mass is 10.1. The van der Waals surface area contributed by atoms with Crippen molar-refractivity contribution < 1.29 is 13.9 Å². The van der Waals surface area contributed by atoms with Crippen LogP contribution in [0.2, 0.25) is 0 Å². The minimum absolute atomic E-state index is 0. The molecule has 2 rings (SSSR count). The maximum Gasteiger partial charge on any atom is 0.287 e. The molecule has 0 saturated carbocycles. The number of halogens is 1. The van der Waals surface area contributed by atoms with Crippen molar-refractivity contribution in [2.24, 2.45) is 4.99 Å². The predicted octanol–water partition coefficient (Wildman–Crippen LogP) is 2.31. The Morgan fingerprint density at radius 1 is 1.19 bits per heavy atom. The van der Waals surface area contributed by atoms with E-state index in [9.17, 15) is 4.79 Å². The molecule has 0 atom stereocenters. The van der Waals surface area contributed by atoms with Crippen LogP contribution in [0.5, 0.6) is 5.75 Å². The summed E-state index contributed by atoms with van der Waals surface area (Å²) in [6.07, 6.45) is 1.47. The number of benzene rings is 1. The number of rotatable bonds is 7. The van der Waals surface area contributed by atoms with Gasteiger partial charge in [-0.05, 0) is 30.7 Å². The zero-order valence-electron chi connectivity index (χ0n) is 15.2. The second-order valence-corrected chi connectivity index (χ2v) is 5.40. The summed E-state index contributed by atoms with van der Waals surface area (Å²) in [4.78, 5) is 15.9. The van der Waals surface area contributed by atoms with E-state index in [1.165, 1.54) is 6.26 Å². The number of furan rings is 1. The molecule has 8 heteroatoms. The largest absolute Gasteiger partial charge is 0.496 e. The number of carbonyl (C=O) groups excluding carboxylic acids is 1. The van der Waals surface area contributed by atoms with E-state index in [1.54, 1.807) is 26.3 Å². The molecule has 0 bridgehead atoms. The summed E-state index contributed by atoms with van der Waals surface area (Å²) in [5.74, 6) is 1.55. The molecule has 142 valence electrons. The first-order chi connectivity index (χ1) is 12.1. The Balaban J connectivity index is 0.00000338. The number of aryl methyl sites for hydroxylation is 1. The lowest BCUT2D eigenvalue weighted by Gasteiger charge is -2.14. The number of carbonyl (C=O) groups is 1. The van der Waals surface area contributed by atoms with Gasteiger partial charge in [0, 0.05) is 32.2 Å². The van der Waals surface area contributed by atoms with E-state index in [1.807, 2.05) is 25.1 Å². The third kappa shape index (κ3) is 6.58. The molecular weight excluding hydrogens is 447 g/mol. The first kappa shape index (κ1) is 21.8. The van der Waals surface area contributed by atoms with Gasteiger partial charge in [0.25, 0.3) is 5.91 Å². The van der Waals surface area contributed by atoms with Gasteiger partial charge in [-0.1, -0.05) is 12.1 Å². The Morgan fingerprint density at radius 3 is 2.62 bits per heavy atom. The predicted molar refractivity (Wildman–Crippen MR) is 112 cm³/mol. The van der Waals surface area contributed by atoms with Gasteiger partial charge in [-0.2, -0.15) is 0 Å². The molecule has 0 aliphatic rings. The van der Waals surface area contributed by atoms with Crippen LogP contribution in [0.15, 0.2) is 46.0 Å². The molecule has 0 radical (unpaired) electrons. The van der Waals surface area contributed by atoms with E-state index < -0.39 is 0 Å². The maximum absolute atomic E-state index is 11.7. The lowest BCUT2D eigenvalue weighted by Crippen LogP contribution is -2.41. The van der Waals surface area contributed by atoms with Crippen molar-refractivity contribution in [2.45, 2.75) is 13.5 Å².